The van der Waals surface area contributed by atoms with E-state index in [-0.39, 0.29) is 24.2 Å². The van der Waals surface area contributed by atoms with Crippen molar-refractivity contribution in [3.05, 3.63) is 36.0 Å². The summed E-state index contributed by atoms with van der Waals surface area (Å²) in [6.45, 7) is 4.55. The zero-order valence-electron chi connectivity index (χ0n) is 19.4. The van der Waals surface area contributed by atoms with Gasteiger partial charge in [-0.2, -0.15) is 0 Å². The molecule has 0 unspecified atom stereocenters. The molecule has 9 nitrogen and oxygen atoms in total. The van der Waals surface area contributed by atoms with Gasteiger partial charge in [-0.1, -0.05) is 38.3 Å². The molecule has 2 N–H and O–H groups in total. The minimum absolute atomic E-state index is 0.0803. The predicted octanol–water partition coefficient (Wildman–Crippen LogP) is 2.41. The van der Waals surface area contributed by atoms with Gasteiger partial charge in [-0.15, -0.1) is 0 Å². The molecule has 178 valence electrons. The van der Waals surface area contributed by atoms with Crippen molar-refractivity contribution in [3.63, 3.8) is 0 Å². The Morgan fingerprint density at radius 3 is 2.45 bits per heavy atom. The Hall–Kier alpha value is -3.36. The number of para-hydroxylation sites is 1. The van der Waals surface area contributed by atoms with E-state index in [9.17, 15) is 14.4 Å². The smallest absolute Gasteiger partial charge is 0.317 e. The number of fused-ring (bicyclic) bond motifs is 1. The first-order valence-corrected chi connectivity index (χ1v) is 11.6. The lowest BCUT2D eigenvalue weighted by atomic mass is 10.1. The van der Waals surface area contributed by atoms with Crippen LogP contribution in [0.4, 0.5) is 4.79 Å². The maximum Gasteiger partial charge on any atom is 0.317 e. The van der Waals surface area contributed by atoms with Gasteiger partial charge >= 0.3 is 6.03 Å². The number of nitrogens with zero attached hydrogens (tertiary/aromatic N) is 3. The van der Waals surface area contributed by atoms with Crippen molar-refractivity contribution in [2.24, 2.45) is 0 Å². The number of carbonyl (C=O) groups is 3. The van der Waals surface area contributed by atoms with Crippen molar-refractivity contribution >= 4 is 28.7 Å². The summed E-state index contributed by atoms with van der Waals surface area (Å²) in [5.41, 5.74) is 0.840. The summed E-state index contributed by atoms with van der Waals surface area (Å²) in [5.74, 6) is -0.0685. The molecule has 1 aliphatic heterocycles. The van der Waals surface area contributed by atoms with E-state index in [4.69, 9.17) is 4.74 Å². The Balaban J connectivity index is 1.45. The normalized spacial score (nSPS) is 13.6. The number of ether oxygens (including phenoxy) is 1. The highest BCUT2D eigenvalue weighted by atomic mass is 16.5. The van der Waals surface area contributed by atoms with E-state index in [0.29, 0.717) is 44.0 Å². The second-order valence-electron chi connectivity index (χ2n) is 8.07. The molecule has 0 saturated carbocycles. The fourth-order valence-electron chi connectivity index (χ4n) is 3.80. The molecule has 33 heavy (non-hydrogen) atoms. The number of pyridine rings is 1. The van der Waals surface area contributed by atoms with Gasteiger partial charge in [0.1, 0.15) is 11.4 Å². The molecule has 9 heteroatoms. The Morgan fingerprint density at radius 1 is 1.00 bits per heavy atom. The average molecular weight is 456 g/mol. The maximum absolute atomic E-state index is 12.6. The first-order chi connectivity index (χ1) is 16.0. The third-order valence-corrected chi connectivity index (χ3v) is 5.76. The summed E-state index contributed by atoms with van der Waals surface area (Å²) in [6.07, 6.45) is 4.44. The summed E-state index contributed by atoms with van der Waals surface area (Å²) in [7, 11) is 1.54. The number of benzene rings is 1. The van der Waals surface area contributed by atoms with E-state index >= 15 is 0 Å². The lowest BCUT2D eigenvalue weighted by Crippen LogP contribution is -2.54. The number of nitrogens with one attached hydrogen (secondary N) is 2. The van der Waals surface area contributed by atoms with Gasteiger partial charge < -0.3 is 25.2 Å². The third kappa shape index (κ3) is 6.57. The molecule has 0 bridgehead atoms. The Kier molecular flexibility index (Phi) is 8.86. The maximum atomic E-state index is 12.6. The predicted molar refractivity (Wildman–Crippen MR) is 126 cm³/mol. The molecular formula is C24H33N5O4. The van der Waals surface area contributed by atoms with Crippen molar-refractivity contribution in [2.75, 3.05) is 46.4 Å². The standard InChI is InChI=1S/C24H33N5O4/c1-3-4-5-8-11-25-24(32)29-14-12-28(13-15-29)22(30)17-26-23(31)20-16-21(33-2)18-9-6-7-10-19(18)27-20/h6-7,9-10,16H,3-5,8,11-15,17H2,1-2H3,(H,25,32)(H,26,31). The van der Waals surface area contributed by atoms with Crippen LogP contribution in [-0.4, -0.2) is 79.0 Å². The molecule has 2 aromatic rings. The average Bonchev–Trinajstić information content (AvgIpc) is 2.86. The summed E-state index contributed by atoms with van der Waals surface area (Å²) in [5, 5.41) is 6.41. The molecule has 0 spiro atoms. The number of piperazine rings is 1. The highest BCUT2D eigenvalue weighted by molar-refractivity contribution is 5.98. The van der Waals surface area contributed by atoms with Crippen LogP contribution in [0.3, 0.4) is 0 Å². The molecule has 0 atom stereocenters. The number of hydrogen-bond acceptors (Lipinski definition) is 5. The molecule has 0 radical (unpaired) electrons. The van der Waals surface area contributed by atoms with Crippen LogP contribution in [0.1, 0.15) is 43.1 Å². The lowest BCUT2D eigenvalue weighted by molar-refractivity contribution is -0.131. The highest BCUT2D eigenvalue weighted by Crippen LogP contribution is 2.24. The Bertz CT molecular complexity index is 972. The molecule has 1 aromatic heterocycles. The van der Waals surface area contributed by atoms with Crippen LogP contribution in [0, 0.1) is 0 Å². The largest absolute Gasteiger partial charge is 0.496 e. The van der Waals surface area contributed by atoms with Gasteiger partial charge in [0.15, 0.2) is 0 Å². The first-order valence-electron chi connectivity index (χ1n) is 11.6. The number of aromatic nitrogens is 1. The van der Waals surface area contributed by atoms with Gasteiger partial charge in [0, 0.05) is 44.2 Å². The Morgan fingerprint density at radius 2 is 1.73 bits per heavy atom. The molecule has 1 aliphatic rings. The van der Waals surface area contributed by atoms with E-state index in [2.05, 4.69) is 22.5 Å². The van der Waals surface area contributed by atoms with Crippen LogP contribution in [0.15, 0.2) is 30.3 Å². The lowest BCUT2D eigenvalue weighted by Gasteiger charge is -2.34. The SMILES string of the molecule is CCCCCCNC(=O)N1CCN(C(=O)CNC(=O)c2cc(OC)c3ccccc3n2)CC1. The minimum atomic E-state index is -0.437. The zero-order valence-corrected chi connectivity index (χ0v) is 19.4. The molecule has 4 amide bonds. The molecule has 1 saturated heterocycles. The highest BCUT2D eigenvalue weighted by Gasteiger charge is 2.24. The van der Waals surface area contributed by atoms with Gasteiger partial charge in [0.2, 0.25) is 5.91 Å². The second kappa shape index (κ2) is 12.0. The van der Waals surface area contributed by atoms with Gasteiger partial charge in [-0.05, 0) is 18.6 Å². The van der Waals surface area contributed by atoms with E-state index in [1.165, 1.54) is 6.42 Å². The summed E-state index contributed by atoms with van der Waals surface area (Å²) >= 11 is 0. The van der Waals surface area contributed by atoms with Crippen LogP contribution in [0.25, 0.3) is 10.9 Å². The number of rotatable bonds is 9. The molecule has 1 aromatic carbocycles. The van der Waals surface area contributed by atoms with Gasteiger partial charge in [0.05, 0.1) is 19.2 Å². The van der Waals surface area contributed by atoms with Crippen molar-refractivity contribution in [1.82, 2.24) is 25.4 Å². The number of unbranched alkanes of at least 4 members (excludes halogenated alkanes) is 3. The van der Waals surface area contributed by atoms with E-state index < -0.39 is 5.91 Å². The van der Waals surface area contributed by atoms with Crippen molar-refractivity contribution < 1.29 is 19.1 Å². The van der Waals surface area contributed by atoms with Gasteiger partial charge in [-0.3, -0.25) is 9.59 Å². The van der Waals surface area contributed by atoms with Crippen LogP contribution in [-0.2, 0) is 4.79 Å². The topological polar surface area (TPSA) is 104 Å². The quantitative estimate of drug-likeness (QED) is 0.565. The van der Waals surface area contributed by atoms with Crippen molar-refractivity contribution in [1.29, 1.82) is 0 Å². The van der Waals surface area contributed by atoms with Crippen molar-refractivity contribution in [2.45, 2.75) is 32.6 Å². The van der Waals surface area contributed by atoms with E-state index in [1.807, 2.05) is 18.2 Å². The summed E-state index contributed by atoms with van der Waals surface area (Å²) in [4.78, 5) is 45.2. The molecule has 3 rings (SSSR count). The third-order valence-electron chi connectivity index (χ3n) is 5.76. The fourth-order valence-corrected chi connectivity index (χ4v) is 3.80. The van der Waals surface area contributed by atoms with Crippen molar-refractivity contribution in [3.8, 4) is 5.75 Å². The molecule has 1 fully saturated rings. The number of amides is 4. The Labute approximate surface area is 194 Å². The summed E-state index contributed by atoms with van der Waals surface area (Å²) in [6, 6.07) is 8.89. The molecule has 0 aliphatic carbocycles. The summed E-state index contributed by atoms with van der Waals surface area (Å²) < 4.78 is 5.38. The second-order valence-corrected chi connectivity index (χ2v) is 8.07. The van der Waals surface area contributed by atoms with Crippen LogP contribution >= 0.6 is 0 Å². The molecule has 2 heterocycles. The number of urea groups is 1. The number of hydrogen-bond donors (Lipinski definition) is 2. The number of methoxy groups -OCH3 is 1. The molecular weight excluding hydrogens is 422 g/mol. The van der Waals surface area contributed by atoms with E-state index in [0.717, 1.165) is 24.6 Å². The monoisotopic (exact) mass is 455 g/mol. The van der Waals surface area contributed by atoms with Crippen LogP contribution < -0.4 is 15.4 Å². The zero-order chi connectivity index (χ0) is 23.6. The van der Waals surface area contributed by atoms with Crippen LogP contribution in [0.5, 0.6) is 5.75 Å². The first kappa shape index (κ1) is 24.3. The van der Waals surface area contributed by atoms with E-state index in [1.54, 1.807) is 29.0 Å². The van der Waals surface area contributed by atoms with Gasteiger partial charge in [-0.25, -0.2) is 9.78 Å². The fraction of sp³-hybridized carbons (Fsp3) is 0.500. The van der Waals surface area contributed by atoms with Gasteiger partial charge in [0.25, 0.3) is 5.91 Å². The van der Waals surface area contributed by atoms with Crippen LogP contribution in [0.2, 0.25) is 0 Å². The number of carbonyl (C=O) groups excluding carboxylic acids is 3. The minimum Gasteiger partial charge on any atom is -0.496 e.